The van der Waals surface area contributed by atoms with E-state index in [1.807, 2.05) is 0 Å². The average Bonchev–Trinajstić information content (AvgIpc) is 3.09. The van der Waals surface area contributed by atoms with Crippen LogP contribution in [0.25, 0.3) is 10.9 Å². The lowest BCUT2D eigenvalue weighted by Gasteiger charge is -2.08. The maximum atomic E-state index is 13.6. The topological polar surface area (TPSA) is 61.2 Å². The van der Waals surface area contributed by atoms with Crippen molar-refractivity contribution in [1.29, 1.82) is 0 Å². The van der Waals surface area contributed by atoms with E-state index in [1.54, 1.807) is 34.9 Å². The Morgan fingerprint density at radius 2 is 2.08 bits per heavy atom. The number of carbonyl (C=O) groups excluding carboxylic acids is 1. The summed E-state index contributed by atoms with van der Waals surface area (Å²) in [6.45, 7) is 0.535. The van der Waals surface area contributed by atoms with Crippen LogP contribution in [0.4, 0.5) is 4.39 Å². The highest BCUT2D eigenvalue weighted by Crippen LogP contribution is 2.17. The lowest BCUT2D eigenvalue weighted by Crippen LogP contribution is -2.21. The molecule has 5 nitrogen and oxygen atoms in total. The maximum absolute atomic E-state index is 13.6. The Bertz CT molecular complexity index is 1040. The van der Waals surface area contributed by atoms with Gasteiger partial charge in [0.1, 0.15) is 18.2 Å². The average molecular weight is 338 g/mol. The second-order valence-corrected chi connectivity index (χ2v) is 5.99. The molecule has 3 aromatic rings. The number of benzene rings is 2. The van der Waals surface area contributed by atoms with Gasteiger partial charge in [0.05, 0.1) is 16.5 Å². The summed E-state index contributed by atoms with van der Waals surface area (Å²) in [5, 5.41) is 0.483. The molecular formula is C19H15FN2O3. The first-order chi connectivity index (χ1) is 12.1. The molecule has 4 rings (SSSR count). The molecule has 0 bridgehead atoms. The first-order valence-electron chi connectivity index (χ1n) is 8.07. The fourth-order valence-electron chi connectivity index (χ4n) is 3.05. The van der Waals surface area contributed by atoms with E-state index < -0.39 is 11.8 Å². The smallest absolute Gasteiger partial charge is 0.338 e. The van der Waals surface area contributed by atoms with Gasteiger partial charge in [-0.25, -0.2) is 14.2 Å². The van der Waals surface area contributed by atoms with Gasteiger partial charge in [-0.2, -0.15) is 0 Å². The van der Waals surface area contributed by atoms with Crippen molar-refractivity contribution in [2.24, 2.45) is 0 Å². The molecule has 6 heteroatoms. The number of esters is 1. The van der Waals surface area contributed by atoms with Gasteiger partial charge in [-0.05, 0) is 30.7 Å². The van der Waals surface area contributed by atoms with E-state index in [2.05, 4.69) is 4.98 Å². The predicted molar refractivity (Wildman–Crippen MR) is 89.8 cm³/mol. The van der Waals surface area contributed by atoms with Gasteiger partial charge in [0.25, 0.3) is 5.56 Å². The molecule has 0 atom stereocenters. The van der Waals surface area contributed by atoms with Gasteiger partial charge < -0.3 is 4.74 Å². The molecule has 0 unspecified atom stereocenters. The minimum Gasteiger partial charge on any atom is -0.457 e. The third-order valence-electron chi connectivity index (χ3n) is 4.37. The van der Waals surface area contributed by atoms with Crippen LogP contribution in [0.5, 0.6) is 0 Å². The summed E-state index contributed by atoms with van der Waals surface area (Å²) in [7, 11) is 0. The van der Waals surface area contributed by atoms with Gasteiger partial charge in [0.15, 0.2) is 0 Å². The molecule has 0 saturated carbocycles. The monoisotopic (exact) mass is 338 g/mol. The normalized spacial score (nSPS) is 13.0. The van der Waals surface area contributed by atoms with Crippen LogP contribution in [0.15, 0.2) is 47.3 Å². The molecule has 0 aliphatic carbocycles. The van der Waals surface area contributed by atoms with E-state index in [1.165, 1.54) is 12.1 Å². The Morgan fingerprint density at radius 1 is 1.24 bits per heavy atom. The molecule has 0 N–H and O–H groups in total. The summed E-state index contributed by atoms with van der Waals surface area (Å²) < 4.78 is 20.4. The Kier molecular flexibility index (Phi) is 3.80. The number of ether oxygens (including phenoxy) is 1. The second-order valence-electron chi connectivity index (χ2n) is 5.99. The molecule has 2 aromatic carbocycles. The number of hydrogen-bond acceptors (Lipinski definition) is 4. The molecule has 0 saturated heterocycles. The van der Waals surface area contributed by atoms with Gasteiger partial charge in [-0.3, -0.25) is 9.36 Å². The van der Waals surface area contributed by atoms with Crippen molar-refractivity contribution in [2.45, 2.75) is 26.0 Å². The zero-order chi connectivity index (χ0) is 17.4. The summed E-state index contributed by atoms with van der Waals surface area (Å²) in [5.74, 6) is -0.249. The van der Waals surface area contributed by atoms with Crippen molar-refractivity contribution >= 4 is 16.9 Å². The van der Waals surface area contributed by atoms with Gasteiger partial charge in [0, 0.05) is 18.5 Å². The molecule has 126 valence electrons. The van der Waals surface area contributed by atoms with Gasteiger partial charge >= 0.3 is 5.97 Å². The number of nitrogens with zero attached hydrogens (tertiary/aromatic N) is 2. The SMILES string of the molecule is O=C(OCc1ccccc1F)c1ccc2c(=O)n3c(nc2c1)CCC3. The second kappa shape index (κ2) is 6.12. The summed E-state index contributed by atoms with van der Waals surface area (Å²) in [6, 6.07) is 10.8. The van der Waals surface area contributed by atoms with Crippen LogP contribution in [0, 0.1) is 5.82 Å². The van der Waals surface area contributed by atoms with Crippen molar-refractivity contribution in [3.8, 4) is 0 Å². The van der Waals surface area contributed by atoms with E-state index in [0.717, 1.165) is 18.7 Å². The lowest BCUT2D eigenvalue weighted by atomic mass is 10.1. The Labute approximate surface area is 142 Å². The van der Waals surface area contributed by atoms with Crippen LogP contribution in [-0.4, -0.2) is 15.5 Å². The van der Waals surface area contributed by atoms with E-state index >= 15 is 0 Å². The standard InChI is InChI=1S/C19H15FN2O3/c20-15-5-2-1-4-13(15)11-25-19(24)12-7-8-14-16(10-12)21-17-6-3-9-22(17)18(14)23/h1-2,4-5,7-8,10H,3,6,9,11H2. The Balaban J connectivity index is 1.61. The molecular weight excluding hydrogens is 323 g/mol. The first-order valence-corrected chi connectivity index (χ1v) is 8.07. The summed E-state index contributed by atoms with van der Waals surface area (Å²) in [6.07, 6.45) is 1.66. The summed E-state index contributed by atoms with van der Waals surface area (Å²) >= 11 is 0. The number of rotatable bonds is 3. The van der Waals surface area contributed by atoms with E-state index in [-0.39, 0.29) is 12.2 Å². The molecule has 1 aliphatic heterocycles. The number of hydrogen-bond donors (Lipinski definition) is 0. The number of aryl methyl sites for hydroxylation is 1. The third kappa shape index (κ3) is 2.80. The van der Waals surface area contributed by atoms with Gasteiger partial charge in [0.2, 0.25) is 0 Å². The molecule has 1 aromatic heterocycles. The quantitative estimate of drug-likeness (QED) is 0.689. The van der Waals surface area contributed by atoms with Crippen molar-refractivity contribution in [3.05, 3.63) is 75.6 Å². The fourth-order valence-corrected chi connectivity index (χ4v) is 3.05. The summed E-state index contributed by atoms with van der Waals surface area (Å²) in [4.78, 5) is 29.1. The van der Waals surface area contributed by atoms with Crippen LogP contribution in [-0.2, 0) is 24.3 Å². The predicted octanol–water partition coefficient (Wildman–Crippen LogP) is 2.84. The minimum atomic E-state index is -0.576. The zero-order valence-corrected chi connectivity index (χ0v) is 13.4. The molecule has 0 fully saturated rings. The minimum absolute atomic E-state index is 0.0798. The molecule has 0 spiro atoms. The molecule has 0 radical (unpaired) electrons. The van der Waals surface area contributed by atoms with Crippen molar-refractivity contribution < 1.29 is 13.9 Å². The first kappa shape index (κ1) is 15.5. The van der Waals surface area contributed by atoms with Crippen molar-refractivity contribution in [3.63, 3.8) is 0 Å². The number of halogens is 1. The van der Waals surface area contributed by atoms with Gasteiger partial charge in [-0.15, -0.1) is 0 Å². The van der Waals surface area contributed by atoms with Crippen LogP contribution >= 0.6 is 0 Å². The van der Waals surface area contributed by atoms with Crippen LogP contribution in [0.1, 0.15) is 28.2 Å². The number of fused-ring (bicyclic) bond motifs is 2. The summed E-state index contributed by atoms with van der Waals surface area (Å²) in [5.41, 5.74) is 1.01. The van der Waals surface area contributed by atoms with Crippen LogP contribution in [0.3, 0.4) is 0 Å². The lowest BCUT2D eigenvalue weighted by molar-refractivity contribution is 0.0469. The maximum Gasteiger partial charge on any atom is 0.338 e. The number of aromatic nitrogens is 2. The molecule has 2 heterocycles. The highest BCUT2D eigenvalue weighted by atomic mass is 19.1. The Hall–Kier alpha value is -3.02. The van der Waals surface area contributed by atoms with E-state index in [9.17, 15) is 14.0 Å². The fraction of sp³-hybridized carbons (Fsp3) is 0.211. The van der Waals surface area contributed by atoms with Gasteiger partial charge in [-0.1, -0.05) is 18.2 Å². The van der Waals surface area contributed by atoms with Crippen molar-refractivity contribution in [2.75, 3.05) is 0 Å². The van der Waals surface area contributed by atoms with Crippen molar-refractivity contribution in [1.82, 2.24) is 9.55 Å². The molecule has 25 heavy (non-hydrogen) atoms. The Morgan fingerprint density at radius 3 is 2.92 bits per heavy atom. The largest absolute Gasteiger partial charge is 0.457 e. The van der Waals surface area contributed by atoms with Crippen LogP contribution in [0.2, 0.25) is 0 Å². The highest BCUT2D eigenvalue weighted by molar-refractivity contribution is 5.94. The van der Waals surface area contributed by atoms with E-state index in [4.69, 9.17) is 4.74 Å². The molecule has 1 aliphatic rings. The molecule has 0 amide bonds. The highest BCUT2D eigenvalue weighted by Gasteiger charge is 2.17. The van der Waals surface area contributed by atoms with E-state index in [0.29, 0.717) is 28.6 Å². The number of carbonyl (C=O) groups is 1. The third-order valence-corrected chi connectivity index (χ3v) is 4.37. The van der Waals surface area contributed by atoms with Crippen LogP contribution < -0.4 is 5.56 Å². The zero-order valence-electron chi connectivity index (χ0n) is 13.4.